The van der Waals surface area contributed by atoms with Crippen LogP contribution in [-0.4, -0.2) is 11.0 Å². The van der Waals surface area contributed by atoms with Crippen LogP contribution >= 0.6 is 0 Å². The lowest BCUT2D eigenvalue weighted by molar-refractivity contribution is -0.384. The minimum atomic E-state index is -0.518. The number of urea groups is 1. The molecule has 0 heterocycles. The van der Waals surface area contributed by atoms with Crippen LogP contribution in [0.1, 0.15) is 11.1 Å². The van der Waals surface area contributed by atoms with Gasteiger partial charge in [-0.1, -0.05) is 12.1 Å². The molecule has 0 atom stereocenters. The van der Waals surface area contributed by atoms with Gasteiger partial charge in [-0.2, -0.15) is 0 Å². The first-order chi connectivity index (χ1) is 10.5. The number of non-ortho nitro benzene ring substituents is 1. The van der Waals surface area contributed by atoms with E-state index in [9.17, 15) is 19.3 Å². The SMILES string of the molecule is Cc1ccc(CNC(=O)Nc2ccc([N+](=O)[O-])cc2)cc1F. The summed E-state index contributed by atoms with van der Waals surface area (Å²) in [5.41, 5.74) is 1.56. The number of hydrogen-bond donors (Lipinski definition) is 2. The highest BCUT2D eigenvalue weighted by Gasteiger charge is 2.06. The van der Waals surface area contributed by atoms with Crippen molar-refractivity contribution >= 4 is 17.4 Å². The number of rotatable bonds is 4. The molecule has 0 aromatic heterocycles. The number of nitro benzene ring substituents is 1. The van der Waals surface area contributed by atoms with E-state index >= 15 is 0 Å². The van der Waals surface area contributed by atoms with Gasteiger partial charge in [0.05, 0.1) is 4.92 Å². The summed E-state index contributed by atoms with van der Waals surface area (Å²) in [7, 11) is 0. The molecule has 2 aromatic rings. The number of amides is 2. The molecule has 0 fully saturated rings. The summed E-state index contributed by atoms with van der Waals surface area (Å²) in [6.45, 7) is 1.84. The summed E-state index contributed by atoms with van der Waals surface area (Å²) < 4.78 is 13.4. The highest BCUT2D eigenvalue weighted by molar-refractivity contribution is 5.89. The number of nitrogens with zero attached hydrogens (tertiary/aromatic N) is 1. The Labute approximate surface area is 126 Å². The number of carbonyl (C=O) groups is 1. The molecule has 2 rings (SSSR count). The molecule has 2 amide bonds. The third-order valence-electron chi connectivity index (χ3n) is 3.03. The molecule has 0 aliphatic rings. The van der Waals surface area contributed by atoms with Gasteiger partial charge >= 0.3 is 6.03 Å². The number of benzene rings is 2. The zero-order valence-electron chi connectivity index (χ0n) is 11.8. The van der Waals surface area contributed by atoms with Crippen LogP contribution in [0.15, 0.2) is 42.5 Å². The summed E-state index contributed by atoms with van der Waals surface area (Å²) >= 11 is 0. The Morgan fingerprint density at radius 3 is 2.50 bits per heavy atom. The third kappa shape index (κ3) is 4.02. The molecule has 2 N–H and O–H groups in total. The Morgan fingerprint density at radius 1 is 1.23 bits per heavy atom. The van der Waals surface area contributed by atoms with Crippen LogP contribution in [0.25, 0.3) is 0 Å². The molecular weight excluding hydrogens is 289 g/mol. The van der Waals surface area contributed by atoms with Gasteiger partial charge in [0.15, 0.2) is 0 Å². The van der Waals surface area contributed by atoms with Gasteiger partial charge in [-0.25, -0.2) is 9.18 Å². The number of carbonyl (C=O) groups excluding carboxylic acids is 1. The molecule has 0 aliphatic heterocycles. The molecule has 0 aliphatic carbocycles. The zero-order valence-corrected chi connectivity index (χ0v) is 11.8. The number of nitrogens with one attached hydrogen (secondary N) is 2. The van der Waals surface area contributed by atoms with E-state index in [1.54, 1.807) is 19.1 Å². The molecule has 0 saturated carbocycles. The van der Waals surface area contributed by atoms with Crippen LogP contribution in [0.3, 0.4) is 0 Å². The second-order valence-corrected chi connectivity index (χ2v) is 4.70. The quantitative estimate of drug-likeness (QED) is 0.671. The Balaban J connectivity index is 1.89. The van der Waals surface area contributed by atoms with Gasteiger partial charge in [0.1, 0.15) is 5.82 Å². The van der Waals surface area contributed by atoms with Gasteiger partial charge < -0.3 is 10.6 Å². The summed E-state index contributed by atoms with van der Waals surface area (Å²) in [6.07, 6.45) is 0. The predicted octanol–water partition coefficient (Wildman–Crippen LogP) is 3.36. The predicted molar refractivity (Wildman–Crippen MR) is 80.1 cm³/mol. The molecule has 0 spiro atoms. The van der Waals surface area contributed by atoms with Crippen molar-refractivity contribution in [3.8, 4) is 0 Å². The number of halogens is 1. The Hall–Kier alpha value is -2.96. The van der Waals surface area contributed by atoms with Crippen LogP contribution in [0.5, 0.6) is 0 Å². The number of aryl methyl sites for hydroxylation is 1. The van der Waals surface area contributed by atoms with Crippen molar-refractivity contribution in [1.82, 2.24) is 5.32 Å². The second-order valence-electron chi connectivity index (χ2n) is 4.70. The van der Waals surface area contributed by atoms with E-state index in [-0.39, 0.29) is 18.0 Å². The Bertz CT molecular complexity index is 702. The van der Waals surface area contributed by atoms with Gasteiger partial charge in [-0.3, -0.25) is 10.1 Å². The molecule has 0 unspecified atom stereocenters. The van der Waals surface area contributed by atoms with Crippen LogP contribution in [0.4, 0.5) is 20.6 Å². The molecule has 22 heavy (non-hydrogen) atoms. The van der Waals surface area contributed by atoms with Crippen LogP contribution in [0, 0.1) is 22.9 Å². The first-order valence-electron chi connectivity index (χ1n) is 6.50. The van der Waals surface area contributed by atoms with E-state index < -0.39 is 11.0 Å². The fourth-order valence-electron chi connectivity index (χ4n) is 1.77. The molecule has 0 bridgehead atoms. The van der Waals surface area contributed by atoms with Crippen LogP contribution in [-0.2, 0) is 6.54 Å². The number of anilines is 1. The van der Waals surface area contributed by atoms with E-state index in [1.807, 2.05) is 0 Å². The molecule has 114 valence electrons. The molecule has 6 nitrogen and oxygen atoms in total. The fourth-order valence-corrected chi connectivity index (χ4v) is 1.77. The lowest BCUT2D eigenvalue weighted by Gasteiger charge is -2.08. The minimum Gasteiger partial charge on any atom is -0.334 e. The van der Waals surface area contributed by atoms with E-state index in [0.717, 1.165) is 0 Å². The zero-order chi connectivity index (χ0) is 16.1. The third-order valence-corrected chi connectivity index (χ3v) is 3.03. The first kappa shape index (κ1) is 15.4. The summed E-state index contributed by atoms with van der Waals surface area (Å²) in [5, 5.41) is 15.6. The van der Waals surface area contributed by atoms with Gasteiger partial charge in [-0.05, 0) is 36.2 Å². The smallest absolute Gasteiger partial charge is 0.319 e. The summed E-state index contributed by atoms with van der Waals surface area (Å²) in [6, 6.07) is 9.71. The monoisotopic (exact) mass is 303 g/mol. The van der Waals surface area contributed by atoms with Crippen molar-refractivity contribution in [2.75, 3.05) is 5.32 Å². The normalized spacial score (nSPS) is 10.1. The van der Waals surface area contributed by atoms with Gasteiger partial charge in [0, 0.05) is 24.4 Å². The van der Waals surface area contributed by atoms with E-state index in [1.165, 1.54) is 30.3 Å². The maximum Gasteiger partial charge on any atom is 0.319 e. The van der Waals surface area contributed by atoms with Crippen molar-refractivity contribution in [2.45, 2.75) is 13.5 Å². The topological polar surface area (TPSA) is 84.3 Å². The molecule has 0 saturated heterocycles. The molecule has 7 heteroatoms. The summed E-state index contributed by atoms with van der Waals surface area (Å²) in [5.74, 6) is -0.324. The van der Waals surface area contributed by atoms with Crippen molar-refractivity contribution in [3.63, 3.8) is 0 Å². The van der Waals surface area contributed by atoms with E-state index in [2.05, 4.69) is 10.6 Å². The van der Waals surface area contributed by atoms with Crippen molar-refractivity contribution in [1.29, 1.82) is 0 Å². The van der Waals surface area contributed by atoms with Crippen molar-refractivity contribution < 1.29 is 14.1 Å². The highest BCUT2D eigenvalue weighted by Crippen LogP contribution is 2.15. The second kappa shape index (κ2) is 6.66. The molecular formula is C15H14FN3O3. The fraction of sp³-hybridized carbons (Fsp3) is 0.133. The largest absolute Gasteiger partial charge is 0.334 e. The average Bonchev–Trinajstić information content (AvgIpc) is 2.49. The molecule has 2 aromatic carbocycles. The van der Waals surface area contributed by atoms with Crippen LogP contribution in [0.2, 0.25) is 0 Å². The van der Waals surface area contributed by atoms with E-state index in [4.69, 9.17) is 0 Å². The maximum atomic E-state index is 13.4. The highest BCUT2D eigenvalue weighted by atomic mass is 19.1. The van der Waals surface area contributed by atoms with Gasteiger partial charge in [0.25, 0.3) is 5.69 Å². The number of nitro groups is 1. The van der Waals surface area contributed by atoms with E-state index in [0.29, 0.717) is 16.8 Å². The van der Waals surface area contributed by atoms with Gasteiger partial charge in [-0.15, -0.1) is 0 Å². The van der Waals surface area contributed by atoms with Crippen molar-refractivity contribution in [3.05, 3.63) is 69.5 Å². The summed E-state index contributed by atoms with van der Waals surface area (Å²) in [4.78, 5) is 21.7. The first-order valence-corrected chi connectivity index (χ1v) is 6.50. The standard InChI is InChI=1S/C15H14FN3O3/c1-10-2-3-11(8-14(10)16)9-17-15(20)18-12-4-6-13(7-5-12)19(21)22/h2-8H,9H2,1H3,(H2,17,18,20). The lowest BCUT2D eigenvalue weighted by Crippen LogP contribution is -2.28. The minimum absolute atomic E-state index is 0.0545. The molecule has 0 radical (unpaired) electrons. The Morgan fingerprint density at radius 2 is 1.91 bits per heavy atom. The van der Waals surface area contributed by atoms with Crippen LogP contribution < -0.4 is 10.6 Å². The van der Waals surface area contributed by atoms with Crippen molar-refractivity contribution in [2.24, 2.45) is 0 Å². The Kier molecular flexibility index (Phi) is 4.67. The van der Waals surface area contributed by atoms with Gasteiger partial charge in [0.2, 0.25) is 0 Å². The number of hydrogen-bond acceptors (Lipinski definition) is 3. The maximum absolute atomic E-state index is 13.4. The average molecular weight is 303 g/mol. The lowest BCUT2D eigenvalue weighted by atomic mass is 10.1.